The van der Waals surface area contributed by atoms with Gasteiger partial charge in [-0.05, 0) is 36.2 Å². The lowest BCUT2D eigenvalue weighted by atomic mass is 10.1. The number of benzene rings is 3. The van der Waals surface area contributed by atoms with Crippen molar-refractivity contribution in [3.8, 4) is 11.5 Å². The summed E-state index contributed by atoms with van der Waals surface area (Å²) in [7, 11) is 0. The van der Waals surface area contributed by atoms with Crippen molar-refractivity contribution in [2.75, 3.05) is 4.90 Å². The Morgan fingerprint density at radius 2 is 1.64 bits per heavy atom. The van der Waals surface area contributed by atoms with Crippen LogP contribution in [0.3, 0.4) is 0 Å². The van der Waals surface area contributed by atoms with Crippen molar-refractivity contribution in [3.05, 3.63) is 81.8 Å². The van der Waals surface area contributed by atoms with Gasteiger partial charge in [0.25, 0.3) is 0 Å². The molecule has 0 fully saturated rings. The van der Waals surface area contributed by atoms with Gasteiger partial charge in [-0.2, -0.15) is 0 Å². The fraction of sp³-hybridized carbons (Fsp3) is 0.100. The van der Waals surface area contributed by atoms with E-state index in [2.05, 4.69) is 0 Å². The average molecular weight is 374 g/mol. The Kier molecular flexibility index (Phi) is 5.07. The number of phenolic OH excluding ortho intramolecular Hbond substituents is 2. The molecule has 0 saturated carbocycles. The van der Waals surface area contributed by atoms with Gasteiger partial charge in [-0.25, -0.2) is 0 Å². The van der Waals surface area contributed by atoms with Crippen LogP contribution in [-0.4, -0.2) is 10.2 Å². The van der Waals surface area contributed by atoms with Crippen LogP contribution in [0.1, 0.15) is 11.1 Å². The first kappa shape index (κ1) is 17.5. The molecule has 25 heavy (non-hydrogen) atoms. The van der Waals surface area contributed by atoms with Crippen LogP contribution >= 0.6 is 23.2 Å². The molecule has 0 aromatic heterocycles. The smallest absolute Gasteiger partial charge is 0.158 e. The first-order valence-electron chi connectivity index (χ1n) is 7.75. The van der Waals surface area contributed by atoms with Crippen LogP contribution < -0.4 is 4.90 Å². The van der Waals surface area contributed by atoms with E-state index in [1.807, 2.05) is 41.3 Å². The summed E-state index contributed by atoms with van der Waals surface area (Å²) >= 11 is 12.5. The molecule has 0 heterocycles. The molecule has 0 aliphatic heterocycles. The summed E-state index contributed by atoms with van der Waals surface area (Å²) in [6.07, 6.45) is 0. The Bertz CT molecular complexity index is 898. The lowest BCUT2D eigenvalue weighted by Gasteiger charge is -2.27. The van der Waals surface area contributed by atoms with Crippen molar-refractivity contribution >= 4 is 34.6 Å². The number of phenols is 2. The number of nitrogens with zero attached hydrogens (tertiary/aromatic N) is 1. The molecule has 3 aromatic carbocycles. The van der Waals surface area contributed by atoms with E-state index >= 15 is 0 Å². The third kappa shape index (κ3) is 3.68. The van der Waals surface area contributed by atoms with Crippen molar-refractivity contribution < 1.29 is 10.2 Å². The molecule has 3 nitrogen and oxygen atoms in total. The number of halogens is 2. The zero-order valence-electron chi connectivity index (χ0n) is 13.6. The second-order valence-electron chi connectivity index (χ2n) is 5.76. The third-order valence-corrected chi connectivity index (χ3v) is 4.87. The van der Waals surface area contributed by atoms with Crippen molar-refractivity contribution in [2.45, 2.75) is 13.5 Å². The first-order chi connectivity index (χ1) is 12.0. The molecular weight excluding hydrogens is 357 g/mol. The minimum Gasteiger partial charge on any atom is -0.508 e. The predicted octanol–water partition coefficient (Wildman–Crippen LogP) is 6.05. The van der Waals surface area contributed by atoms with Crippen LogP contribution in [0.4, 0.5) is 11.4 Å². The molecule has 3 aromatic rings. The summed E-state index contributed by atoms with van der Waals surface area (Å²) < 4.78 is 0. The molecule has 0 saturated heterocycles. The van der Waals surface area contributed by atoms with Crippen LogP contribution in [0, 0.1) is 6.92 Å². The van der Waals surface area contributed by atoms with E-state index in [1.165, 1.54) is 0 Å². The van der Waals surface area contributed by atoms with Crippen molar-refractivity contribution in [3.63, 3.8) is 0 Å². The predicted molar refractivity (Wildman–Crippen MR) is 103 cm³/mol. The lowest BCUT2D eigenvalue weighted by molar-refractivity contribution is 0.473. The van der Waals surface area contributed by atoms with E-state index in [-0.39, 0.29) is 16.5 Å². The Labute approximate surface area is 156 Å². The Morgan fingerprint density at radius 1 is 0.920 bits per heavy atom. The van der Waals surface area contributed by atoms with Gasteiger partial charge in [-0.3, -0.25) is 0 Å². The topological polar surface area (TPSA) is 43.7 Å². The van der Waals surface area contributed by atoms with E-state index in [0.29, 0.717) is 22.8 Å². The van der Waals surface area contributed by atoms with Crippen LogP contribution in [0.15, 0.2) is 60.7 Å². The zero-order chi connectivity index (χ0) is 18.0. The highest BCUT2D eigenvalue weighted by Crippen LogP contribution is 2.44. The first-order valence-corrected chi connectivity index (χ1v) is 8.51. The maximum absolute atomic E-state index is 10.6. The monoisotopic (exact) mass is 373 g/mol. The standard InChI is InChI=1S/C20H17Cl2NO2/c1-13-17(21)11-18(20(25)19(13)22)23(12-14-6-3-2-4-7-14)15-8-5-9-16(24)10-15/h2-11,24-25H,12H2,1H3. The molecule has 0 unspecified atom stereocenters. The second-order valence-corrected chi connectivity index (χ2v) is 6.54. The molecule has 5 heteroatoms. The lowest BCUT2D eigenvalue weighted by Crippen LogP contribution is -2.17. The summed E-state index contributed by atoms with van der Waals surface area (Å²) in [5.41, 5.74) is 2.86. The zero-order valence-corrected chi connectivity index (χ0v) is 15.1. The van der Waals surface area contributed by atoms with Gasteiger partial charge in [0.1, 0.15) is 5.75 Å². The summed E-state index contributed by atoms with van der Waals surface area (Å²) in [4.78, 5) is 1.86. The molecule has 0 radical (unpaired) electrons. The highest BCUT2D eigenvalue weighted by molar-refractivity contribution is 6.37. The Morgan fingerprint density at radius 3 is 2.32 bits per heavy atom. The molecule has 0 bridgehead atoms. The summed E-state index contributed by atoms with van der Waals surface area (Å²) in [6, 6.07) is 18.3. The van der Waals surface area contributed by atoms with E-state index in [9.17, 15) is 10.2 Å². The minimum atomic E-state index is -0.0390. The third-order valence-electron chi connectivity index (χ3n) is 4.02. The van der Waals surface area contributed by atoms with E-state index in [4.69, 9.17) is 23.2 Å². The van der Waals surface area contributed by atoms with Gasteiger partial charge in [-0.1, -0.05) is 59.6 Å². The number of aromatic hydroxyl groups is 2. The fourth-order valence-electron chi connectivity index (χ4n) is 2.64. The van der Waals surface area contributed by atoms with Crippen molar-refractivity contribution in [2.24, 2.45) is 0 Å². The van der Waals surface area contributed by atoms with Gasteiger partial charge in [0.15, 0.2) is 5.75 Å². The number of rotatable bonds is 4. The number of hydrogen-bond acceptors (Lipinski definition) is 3. The second kappa shape index (κ2) is 7.26. The fourth-order valence-corrected chi connectivity index (χ4v) is 3.08. The molecule has 0 spiro atoms. The van der Waals surface area contributed by atoms with E-state index < -0.39 is 0 Å². The van der Waals surface area contributed by atoms with Crippen LogP contribution in [0.5, 0.6) is 11.5 Å². The van der Waals surface area contributed by atoms with Crippen molar-refractivity contribution in [1.82, 2.24) is 0 Å². The summed E-state index contributed by atoms with van der Waals surface area (Å²) in [5.74, 6) is 0.0993. The van der Waals surface area contributed by atoms with Crippen LogP contribution in [0.25, 0.3) is 0 Å². The molecule has 0 atom stereocenters. The maximum atomic E-state index is 10.6. The van der Waals surface area contributed by atoms with E-state index in [1.54, 1.807) is 31.2 Å². The number of anilines is 2. The normalized spacial score (nSPS) is 10.7. The van der Waals surface area contributed by atoms with Crippen LogP contribution in [-0.2, 0) is 6.54 Å². The minimum absolute atomic E-state index is 0.0390. The summed E-state index contributed by atoms with van der Waals surface area (Å²) in [6.45, 7) is 2.23. The van der Waals surface area contributed by atoms with Gasteiger partial charge in [0.2, 0.25) is 0 Å². The quantitative estimate of drug-likeness (QED) is 0.584. The van der Waals surface area contributed by atoms with Crippen molar-refractivity contribution in [1.29, 1.82) is 0 Å². The Balaban J connectivity index is 2.15. The van der Waals surface area contributed by atoms with Gasteiger partial charge in [0.05, 0.1) is 10.7 Å². The van der Waals surface area contributed by atoms with E-state index in [0.717, 1.165) is 11.3 Å². The Hall–Kier alpha value is -2.36. The van der Waals surface area contributed by atoms with Gasteiger partial charge in [0, 0.05) is 23.3 Å². The molecule has 0 aliphatic rings. The largest absolute Gasteiger partial charge is 0.508 e. The molecule has 3 rings (SSSR count). The SMILES string of the molecule is Cc1c(Cl)cc(N(Cc2ccccc2)c2cccc(O)c2)c(O)c1Cl. The molecule has 0 aliphatic carbocycles. The van der Waals surface area contributed by atoms with Crippen LogP contribution in [0.2, 0.25) is 10.0 Å². The summed E-state index contributed by atoms with van der Waals surface area (Å²) in [5, 5.41) is 21.1. The maximum Gasteiger partial charge on any atom is 0.158 e. The van der Waals surface area contributed by atoms with Gasteiger partial charge in [-0.15, -0.1) is 0 Å². The average Bonchev–Trinajstić information content (AvgIpc) is 2.62. The molecule has 128 valence electrons. The molecule has 2 N–H and O–H groups in total. The molecular formula is C20H17Cl2NO2. The highest BCUT2D eigenvalue weighted by Gasteiger charge is 2.20. The number of hydrogen-bond donors (Lipinski definition) is 2. The highest BCUT2D eigenvalue weighted by atomic mass is 35.5. The molecule has 0 amide bonds. The van der Waals surface area contributed by atoms with Gasteiger partial charge >= 0.3 is 0 Å². The van der Waals surface area contributed by atoms with Gasteiger partial charge < -0.3 is 15.1 Å².